The van der Waals surface area contributed by atoms with Gasteiger partial charge < -0.3 is 0 Å². The molecule has 0 aliphatic heterocycles. The third-order valence-corrected chi connectivity index (χ3v) is 4.66. The summed E-state index contributed by atoms with van der Waals surface area (Å²) in [7, 11) is 0. The number of aromatic nitrogens is 2. The zero-order valence-electron chi connectivity index (χ0n) is 13.3. The molecule has 1 aromatic carbocycles. The normalized spacial score (nSPS) is 20.1. The lowest BCUT2D eigenvalue weighted by Gasteiger charge is -2.22. The van der Waals surface area contributed by atoms with Crippen LogP contribution in [0.2, 0.25) is 5.02 Å². The third kappa shape index (κ3) is 4.01. The van der Waals surface area contributed by atoms with E-state index in [-0.39, 0.29) is 5.02 Å². The van der Waals surface area contributed by atoms with Crippen LogP contribution in [-0.4, -0.2) is 9.97 Å². The van der Waals surface area contributed by atoms with Gasteiger partial charge in [-0.2, -0.15) is 0 Å². The molecule has 4 heteroatoms. The fourth-order valence-electron chi connectivity index (χ4n) is 2.86. The van der Waals surface area contributed by atoms with E-state index in [1.54, 1.807) is 18.5 Å². The van der Waals surface area contributed by atoms with Crippen molar-refractivity contribution >= 4 is 11.6 Å². The van der Waals surface area contributed by atoms with Crippen LogP contribution in [0.1, 0.15) is 31.2 Å². The van der Waals surface area contributed by atoms with Gasteiger partial charge in [-0.15, -0.1) is 6.58 Å². The van der Waals surface area contributed by atoms with Crippen LogP contribution in [0.4, 0.5) is 4.39 Å². The van der Waals surface area contributed by atoms with Crippen LogP contribution in [0.25, 0.3) is 11.4 Å². The number of hydrogen-bond donors (Lipinski definition) is 0. The second-order valence-electron chi connectivity index (χ2n) is 6.04. The lowest BCUT2D eigenvalue weighted by Crippen LogP contribution is -2.11. The second-order valence-corrected chi connectivity index (χ2v) is 6.45. The lowest BCUT2D eigenvalue weighted by molar-refractivity contribution is 0.365. The van der Waals surface area contributed by atoms with Crippen LogP contribution in [0, 0.1) is 29.5 Å². The molecule has 0 saturated heterocycles. The van der Waals surface area contributed by atoms with Crippen molar-refractivity contribution in [2.75, 3.05) is 0 Å². The van der Waals surface area contributed by atoms with Crippen molar-refractivity contribution in [3.8, 4) is 23.2 Å². The summed E-state index contributed by atoms with van der Waals surface area (Å²) in [5.41, 5.74) is 1.37. The van der Waals surface area contributed by atoms with Gasteiger partial charge in [0.1, 0.15) is 5.82 Å². The smallest absolute Gasteiger partial charge is 0.159 e. The average molecular weight is 341 g/mol. The van der Waals surface area contributed by atoms with Crippen molar-refractivity contribution in [2.45, 2.75) is 25.7 Å². The molecule has 0 bridgehead atoms. The molecule has 0 unspecified atom stereocenters. The second kappa shape index (κ2) is 7.59. The molecule has 1 aliphatic carbocycles. The van der Waals surface area contributed by atoms with Crippen molar-refractivity contribution in [3.63, 3.8) is 0 Å². The Labute approximate surface area is 146 Å². The first-order valence-corrected chi connectivity index (χ1v) is 8.45. The third-order valence-electron chi connectivity index (χ3n) is 4.36. The van der Waals surface area contributed by atoms with E-state index < -0.39 is 5.82 Å². The molecular formula is C20H18ClFN2. The summed E-state index contributed by atoms with van der Waals surface area (Å²) in [5, 5.41) is 0.0902. The summed E-state index contributed by atoms with van der Waals surface area (Å²) in [5.74, 6) is 7.53. The van der Waals surface area contributed by atoms with Gasteiger partial charge in [-0.25, -0.2) is 14.4 Å². The Morgan fingerprint density at radius 1 is 1.17 bits per heavy atom. The Balaban J connectivity index is 1.68. The average Bonchev–Trinajstić information content (AvgIpc) is 2.63. The van der Waals surface area contributed by atoms with Crippen molar-refractivity contribution < 1.29 is 4.39 Å². The first-order chi connectivity index (χ1) is 11.7. The maximum absolute atomic E-state index is 13.5. The highest BCUT2D eigenvalue weighted by atomic mass is 35.5. The molecule has 0 amide bonds. The Bertz CT molecular complexity index is 782. The van der Waals surface area contributed by atoms with E-state index in [0.29, 0.717) is 23.2 Å². The van der Waals surface area contributed by atoms with Gasteiger partial charge in [-0.05, 0) is 49.8 Å². The minimum atomic E-state index is -0.475. The Morgan fingerprint density at radius 3 is 2.50 bits per heavy atom. The molecule has 1 aliphatic rings. The Hall–Kier alpha value is -2.18. The molecule has 1 aromatic heterocycles. The van der Waals surface area contributed by atoms with Crippen molar-refractivity contribution in [1.82, 2.24) is 9.97 Å². The van der Waals surface area contributed by atoms with Gasteiger partial charge in [0, 0.05) is 23.9 Å². The summed E-state index contributed by atoms with van der Waals surface area (Å²) in [4.78, 5) is 8.54. The predicted octanol–water partition coefficient (Wildman–Crippen LogP) is 5.28. The summed E-state index contributed by atoms with van der Waals surface area (Å²) in [6.07, 6.45) is 9.98. The number of nitrogens with zero attached hydrogens (tertiary/aromatic N) is 2. The van der Waals surface area contributed by atoms with E-state index in [0.717, 1.165) is 18.4 Å². The molecular weight excluding hydrogens is 323 g/mol. The zero-order chi connectivity index (χ0) is 16.9. The van der Waals surface area contributed by atoms with E-state index >= 15 is 0 Å². The number of allylic oxidation sites excluding steroid dienone is 1. The monoisotopic (exact) mass is 340 g/mol. The van der Waals surface area contributed by atoms with Crippen LogP contribution < -0.4 is 0 Å². The van der Waals surface area contributed by atoms with E-state index in [9.17, 15) is 4.39 Å². The highest BCUT2D eigenvalue weighted by molar-refractivity contribution is 6.30. The maximum atomic E-state index is 13.5. The Morgan fingerprint density at radius 2 is 1.88 bits per heavy atom. The molecule has 1 saturated carbocycles. The van der Waals surface area contributed by atoms with Gasteiger partial charge in [0.2, 0.25) is 0 Å². The predicted molar refractivity (Wildman–Crippen MR) is 95.0 cm³/mol. The van der Waals surface area contributed by atoms with Crippen LogP contribution >= 0.6 is 11.6 Å². The quantitative estimate of drug-likeness (QED) is 0.549. The van der Waals surface area contributed by atoms with Gasteiger partial charge in [-0.3, -0.25) is 0 Å². The molecule has 2 nitrogen and oxygen atoms in total. The highest BCUT2D eigenvalue weighted by Gasteiger charge is 2.17. The van der Waals surface area contributed by atoms with E-state index in [4.69, 9.17) is 11.6 Å². The number of halogens is 2. The summed E-state index contributed by atoms with van der Waals surface area (Å²) >= 11 is 5.69. The highest BCUT2D eigenvalue weighted by Crippen LogP contribution is 2.28. The molecule has 2 aromatic rings. The zero-order valence-corrected chi connectivity index (χ0v) is 14.1. The van der Waals surface area contributed by atoms with Gasteiger partial charge in [0.25, 0.3) is 0 Å². The van der Waals surface area contributed by atoms with E-state index in [1.165, 1.54) is 25.0 Å². The van der Waals surface area contributed by atoms with E-state index in [1.807, 2.05) is 0 Å². The molecule has 0 N–H and O–H groups in total. The molecule has 1 fully saturated rings. The SMILES string of the molecule is C=CC1CCC(C#Cc2cnc(-c3ccc(Cl)c(F)c3)nc2)CC1. The minimum absolute atomic E-state index is 0.0902. The molecule has 0 radical (unpaired) electrons. The van der Waals surface area contributed by atoms with Crippen LogP contribution in [-0.2, 0) is 0 Å². The first-order valence-electron chi connectivity index (χ1n) is 8.07. The van der Waals surface area contributed by atoms with Gasteiger partial charge in [0.15, 0.2) is 5.82 Å². The standard InChI is InChI=1S/C20H18ClFN2/c1-2-14-3-5-15(6-4-14)7-8-16-12-23-20(24-13-16)17-9-10-18(21)19(22)11-17/h2,9-15H,1,3-6H2. The summed E-state index contributed by atoms with van der Waals surface area (Å²) in [6.45, 7) is 3.86. The number of hydrogen-bond acceptors (Lipinski definition) is 2. The summed E-state index contributed by atoms with van der Waals surface area (Å²) < 4.78 is 13.5. The largest absolute Gasteiger partial charge is 0.235 e. The fraction of sp³-hybridized carbons (Fsp3) is 0.300. The van der Waals surface area contributed by atoms with Gasteiger partial charge >= 0.3 is 0 Å². The molecule has 24 heavy (non-hydrogen) atoms. The Kier molecular flexibility index (Phi) is 5.27. The molecule has 3 rings (SSSR count). The van der Waals surface area contributed by atoms with Crippen molar-refractivity contribution in [2.24, 2.45) is 11.8 Å². The minimum Gasteiger partial charge on any atom is -0.235 e. The van der Waals surface area contributed by atoms with Crippen molar-refractivity contribution in [1.29, 1.82) is 0 Å². The molecule has 122 valence electrons. The van der Waals surface area contributed by atoms with E-state index in [2.05, 4.69) is 34.5 Å². The maximum Gasteiger partial charge on any atom is 0.159 e. The lowest BCUT2D eigenvalue weighted by atomic mass is 9.82. The van der Waals surface area contributed by atoms with Gasteiger partial charge in [-0.1, -0.05) is 29.5 Å². The molecule has 0 atom stereocenters. The summed E-state index contributed by atoms with van der Waals surface area (Å²) in [6, 6.07) is 4.54. The fourth-order valence-corrected chi connectivity index (χ4v) is 2.98. The van der Waals surface area contributed by atoms with Crippen LogP contribution in [0.3, 0.4) is 0 Å². The molecule has 0 spiro atoms. The van der Waals surface area contributed by atoms with Crippen molar-refractivity contribution in [3.05, 3.63) is 59.7 Å². The first kappa shape index (κ1) is 16.7. The van der Waals surface area contributed by atoms with Gasteiger partial charge in [0.05, 0.1) is 10.6 Å². The van der Waals surface area contributed by atoms with Crippen LogP contribution in [0.5, 0.6) is 0 Å². The number of rotatable bonds is 2. The van der Waals surface area contributed by atoms with Crippen LogP contribution in [0.15, 0.2) is 43.2 Å². The molecule has 1 heterocycles. The topological polar surface area (TPSA) is 25.8 Å². The number of benzene rings is 1.